The van der Waals surface area contributed by atoms with Crippen LogP contribution in [0.4, 0.5) is 0 Å². The lowest BCUT2D eigenvalue weighted by Gasteiger charge is -2.09. The summed E-state index contributed by atoms with van der Waals surface area (Å²) in [5.74, 6) is -0.669. The Labute approximate surface area is 57.9 Å². The van der Waals surface area contributed by atoms with Crippen molar-refractivity contribution < 1.29 is 10.0 Å². The molecule has 0 rings (SSSR count). The van der Waals surface area contributed by atoms with Crippen LogP contribution in [0.2, 0.25) is 0 Å². The first-order valence-corrected chi connectivity index (χ1v) is 2.87. The first-order valence-electron chi connectivity index (χ1n) is 2.43. The van der Waals surface area contributed by atoms with Gasteiger partial charge in [0.15, 0.2) is 0 Å². The van der Waals surface area contributed by atoms with Crippen LogP contribution in [0.25, 0.3) is 0 Å². The lowest BCUT2D eigenvalue weighted by Crippen LogP contribution is -2.44. The van der Waals surface area contributed by atoms with Gasteiger partial charge in [0, 0.05) is 0 Å². The number of nitrogens with two attached hydrogens (primary N) is 1. The molecule has 0 aromatic carbocycles. The van der Waals surface area contributed by atoms with E-state index in [4.69, 9.17) is 22.5 Å². The van der Waals surface area contributed by atoms with Gasteiger partial charge in [-0.25, -0.2) is 5.48 Å². The van der Waals surface area contributed by atoms with Crippen molar-refractivity contribution >= 4 is 17.5 Å². The molecule has 9 heavy (non-hydrogen) atoms. The van der Waals surface area contributed by atoms with Crippen LogP contribution < -0.4 is 11.2 Å². The first kappa shape index (κ1) is 8.68. The Bertz CT molecular complexity index is 107. The molecule has 0 spiro atoms. The van der Waals surface area contributed by atoms with Crippen molar-refractivity contribution in [3.05, 3.63) is 0 Å². The van der Waals surface area contributed by atoms with Crippen LogP contribution in [0.1, 0.15) is 6.92 Å². The molecule has 0 aromatic rings. The first-order chi connectivity index (χ1) is 4.09. The quantitative estimate of drug-likeness (QED) is 0.282. The highest BCUT2D eigenvalue weighted by Crippen LogP contribution is 1.97. The normalized spacial score (nSPS) is 16.4. The van der Waals surface area contributed by atoms with Gasteiger partial charge < -0.3 is 5.73 Å². The highest BCUT2D eigenvalue weighted by atomic mass is 35.5. The van der Waals surface area contributed by atoms with Crippen molar-refractivity contribution in [3.63, 3.8) is 0 Å². The summed E-state index contributed by atoms with van der Waals surface area (Å²) >= 11 is 5.40. The van der Waals surface area contributed by atoms with E-state index in [1.54, 1.807) is 6.92 Å². The third kappa shape index (κ3) is 2.64. The molecule has 0 saturated heterocycles. The number of hydrogen-bond acceptors (Lipinski definition) is 3. The molecule has 0 aliphatic heterocycles. The SMILES string of the molecule is C[C@@H](Cl)[C@@H](N)C(=O)NO. The Morgan fingerprint density at radius 2 is 2.33 bits per heavy atom. The number of nitrogens with one attached hydrogen (secondary N) is 1. The van der Waals surface area contributed by atoms with Crippen molar-refractivity contribution in [2.75, 3.05) is 0 Å². The van der Waals surface area contributed by atoms with Crippen LogP contribution in [0.15, 0.2) is 0 Å². The zero-order valence-electron chi connectivity index (χ0n) is 4.97. The molecule has 0 aromatic heterocycles. The van der Waals surface area contributed by atoms with Crippen molar-refractivity contribution in [2.45, 2.75) is 18.3 Å². The topological polar surface area (TPSA) is 75.4 Å². The Morgan fingerprint density at radius 1 is 1.89 bits per heavy atom. The molecule has 0 aliphatic rings. The van der Waals surface area contributed by atoms with Gasteiger partial charge in [-0.05, 0) is 6.92 Å². The third-order valence-corrected chi connectivity index (χ3v) is 1.18. The van der Waals surface area contributed by atoms with E-state index in [-0.39, 0.29) is 0 Å². The molecule has 54 valence electrons. The monoisotopic (exact) mass is 152 g/mol. The zero-order valence-corrected chi connectivity index (χ0v) is 5.72. The highest BCUT2D eigenvalue weighted by Gasteiger charge is 2.17. The largest absolute Gasteiger partial charge is 0.319 e. The van der Waals surface area contributed by atoms with Gasteiger partial charge in [0.1, 0.15) is 6.04 Å². The molecule has 2 atom stereocenters. The van der Waals surface area contributed by atoms with Crippen LogP contribution in [0.5, 0.6) is 0 Å². The van der Waals surface area contributed by atoms with Crippen LogP contribution in [-0.4, -0.2) is 22.5 Å². The molecule has 5 heteroatoms. The minimum atomic E-state index is -0.850. The molecule has 0 heterocycles. The number of carbonyl (C=O) groups excluding carboxylic acids is 1. The van der Waals surface area contributed by atoms with Crippen LogP contribution in [0, 0.1) is 0 Å². The van der Waals surface area contributed by atoms with Crippen LogP contribution in [-0.2, 0) is 4.79 Å². The number of hydroxylamine groups is 1. The predicted molar refractivity (Wildman–Crippen MR) is 33.2 cm³/mol. The number of rotatable bonds is 2. The second-order valence-corrected chi connectivity index (χ2v) is 2.37. The van der Waals surface area contributed by atoms with Crippen molar-refractivity contribution in [1.82, 2.24) is 5.48 Å². The summed E-state index contributed by atoms with van der Waals surface area (Å²) in [6.07, 6.45) is 0. The lowest BCUT2D eigenvalue weighted by molar-refractivity contribution is -0.130. The standard InChI is InChI=1S/C4H9ClN2O2/c1-2(5)3(6)4(8)7-9/h2-3,9H,6H2,1H3,(H,7,8)/t2-,3-/m1/s1. The second-order valence-electron chi connectivity index (χ2n) is 1.68. The third-order valence-electron chi connectivity index (χ3n) is 0.908. The minimum Gasteiger partial charge on any atom is -0.319 e. The Kier molecular flexibility index (Phi) is 3.53. The summed E-state index contributed by atoms with van der Waals surface area (Å²) in [6, 6.07) is -0.850. The van der Waals surface area contributed by atoms with E-state index >= 15 is 0 Å². The van der Waals surface area contributed by atoms with Gasteiger partial charge in [-0.2, -0.15) is 0 Å². The molecule has 4 N–H and O–H groups in total. The van der Waals surface area contributed by atoms with Crippen molar-refractivity contribution in [2.24, 2.45) is 5.73 Å². The van der Waals surface area contributed by atoms with E-state index in [1.807, 2.05) is 0 Å². The van der Waals surface area contributed by atoms with E-state index in [0.29, 0.717) is 0 Å². The Hall–Kier alpha value is -0.320. The maximum Gasteiger partial charge on any atom is 0.261 e. The average Bonchev–Trinajstić information content (AvgIpc) is 1.84. The van der Waals surface area contributed by atoms with Crippen LogP contribution in [0.3, 0.4) is 0 Å². The van der Waals surface area contributed by atoms with Gasteiger partial charge in [-0.1, -0.05) is 0 Å². The number of hydrogen-bond donors (Lipinski definition) is 3. The maximum absolute atomic E-state index is 10.4. The average molecular weight is 153 g/mol. The summed E-state index contributed by atoms with van der Waals surface area (Å²) < 4.78 is 0. The van der Waals surface area contributed by atoms with Gasteiger partial charge >= 0.3 is 0 Å². The predicted octanol–water partition coefficient (Wildman–Crippen LogP) is -0.554. The number of amides is 1. The summed E-state index contributed by atoms with van der Waals surface area (Å²) in [5, 5.41) is 7.54. The molecular formula is C4H9ClN2O2. The lowest BCUT2D eigenvalue weighted by atomic mass is 10.2. The molecule has 0 radical (unpaired) electrons. The summed E-state index contributed by atoms with van der Waals surface area (Å²) in [4.78, 5) is 10.4. The van der Waals surface area contributed by atoms with Gasteiger partial charge in [-0.3, -0.25) is 10.0 Å². The van der Waals surface area contributed by atoms with Crippen molar-refractivity contribution in [3.8, 4) is 0 Å². The van der Waals surface area contributed by atoms with Gasteiger partial charge in [0.2, 0.25) is 0 Å². The van der Waals surface area contributed by atoms with E-state index in [0.717, 1.165) is 0 Å². The smallest absolute Gasteiger partial charge is 0.261 e. The fourth-order valence-corrected chi connectivity index (χ4v) is 0.398. The van der Waals surface area contributed by atoms with E-state index in [2.05, 4.69) is 0 Å². The molecular weight excluding hydrogens is 144 g/mol. The summed E-state index contributed by atoms with van der Waals surface area (Å²) in [7, 11) is 0. The summed E-state index contributed by atoms with van der Waals surface area (Å²) in [6.45, 7) is 1.57. The van der Waals surface area contributed by atoms with E-state index in [1.165, 1.54) is 5.48 Å². The highest BCUT2D eigenvalue weighted by molar-refractivity contribution is 6.22. The summed E-state index contributed by atoms with van der Waals surface area (Å²) in [5.41, 5.74) is 6.56. The molecule has 0 unspecified atom stereocenters. The Balaban J connectivity index is 3.72. The Morgan fingerprint density at radius 3 is 2.44 bits per heavy atom. The van der Waals surface area contributed by atoms with Crippen LogP contribution >= 0.6 is 11.6 Å². The molecule has 1 amide bonds. The van der Waals surface area contributed by atoms with Gasteiger partial charge in [0.05, 0.1) is 5.38 Å². The maximum atomic E-state index is 10.4. The number of alkyl halides is 1. The molecule has 0 saturated carbocycles. The minimum absolute atomic E-state index is 0.475. The number of halogens is 1. The molecule has 4 nitrogen and oxygen atoms in total. The van der Waals surface area contributed by atoms with E-state index < -0.39 is 17.3 Å². The fourth-order valence-electron chi connectivity index (χ4n) is 0.283. The number of carbonyl (C=O) groups is 1. The zero-order chi connectivity index (χ0) is 7.44. The molecule has 0 bridgehead atoms. The second kappa shape index (κ2) is 3.66. The molecule has 0 fully saturated rings. The molecule has 0 aliphatic carbocycles. The van der Waals surface area contributed by atoms with Crippen molar-refractivity contribution in [1.29, 1.82) is 0 Å². The van der Waals surface area contributed by atoms with Gasteiger partial charge in [0.25, 0.3) is 5.91 Å². The van der Waals surface area contributed by atoms with Gasteiger partial charge in [-0.15, -0.1) is 11.6 Å². The van der Waals surface area contributed by atoms with E-state index in [9.17, 15) is 4.79 Å². The fraction of sp³-hybridized carbons (Fsp3) is 0.750.